The van der Waals surface area contributed by atoms with Gasteiger partial charge in [0.15, 0.2) is 0 Å². The molecule has 0 bridgehead atoms. The first-order valence-corrected chi connectivity index (χ1v) is 12.9. The molecular formula is C26H53N. The summed E-state index contributed by atoms with van der Waals surface area (Å²) >= 11 is 0. The Morgan fingerprint density at radius 2 is 0.852 bits per heavy atom. The van der Waals surface area contributed by atoms with Crippen LogP contribution in [-0.2, 0) is 0 Å². The lowest BCUT2D eigenvalue weighted by atomic mass is 9.94. The van der Waals surface area contributed by atoms with Gasteiger partial charge in [0.1, 0.15) is 0 Å². The molecule has 0 aromatic carbocycles. The minimum atomic E-state index is 0.450. The topological polar surface area (TPSA) is 3.24 Å². The largest absolute Gasteiger partial charge is 0.298 e. The second kappa shape index (κ2) is 16.9. The normalized spacial score (nSPS) is 15.7. The molecule has 1 aliphatic heterocycles. The van der Waals surface area contributed by atoms with E-state index in [1.165, 1.54) is 142 Å². The summed E-state index contributed by atoms with van der Waals surface area (Å²) in [6.07, 6.45) is 29.2. The molecule has 0 aromatic heterocycles. The van der Waals surface area contributed by atoms with Gasteiger partial charge in [-0.05, 0) is 46.2 Å². The van der Waals surface area contributed by atoms with E-state index in [0.717, 1.165) is 0 Å². The summed E-state index contributed by atoms with van der Waals surface area (Å²) in [4.78, 5) is 2.72. The second-order valence-electron chi connectivity index (χ2n) is 9.91. The van der Waals surface area contributed by atoms with Crippen molar-refractivity contribution in [2.45, 2.75) is 155 Å². The highest BCUT2D eigenvalue weighted by Crippen LogP contribution is 2.26. The average molecular weight is 380 g/mol. The smallest absolute Gasteiger partial charge is 0.0153 e. The Morgan fingerprint density at radius 1 is 0.519 bits per heavy atom. The maximum Gasteiger partial charge on any atom is 0.0153 e. The maximum absolute atomic E-state index is 2.72. The van der Waals surface area contributed by atoms with Crippen LogP contribution in [0.25, 0.3) is 0 Å². The van der Waals surface area contributed by atoms with Gasteiger partial charge in [0, 0.05) is 5.54 Å². The first-order valence-electron chi connectivity index (χ1n) is 12.9. The summed E-state index contributed by atoms with van der Waals surface area (Å²) in [6, 6.07) is 0. The zero-order chi connectivity index (χ0) is 19.6. The van der Waals surface area contributed by atoms with Crippen molar-refractivity contribution >= 4 is 0 Å². The number of likely N-dealkylation sites (tertiary alicyclic amines) is 1. The van der Waals surface area contributed by atoms with Crippen LogP contribution in [0.1, 0.15) is 149 Å². The number of hydrogen-bond donors (Lipinski definition) is 0. The van der Waals surface area contributed by atoms with E-state index in [1.807, 2.05) is 0 Å². The van der Waals surface area contributed by atoms with Gasteiger partial charge >= 0.3 is 0 Å². The van der Waals surface area contributed by atoms with Gasteiger partial charge in [0.25, 0.3) is 0 Å². The molecule has 1 fully saturated rings. The number of hydrogen-bond acceptors (Lipinski definition) is 1. The molecule has 1 heteroatoms. The van der Waals surface area contributed by atoms with Gasteiger partial charge in [-0.1, -0.05) is 116 Å². The van der Waals surface area contributed by atoms with Crippen molar-refractivity contribution in [3.63, 3.8) is 0 Å². The van der Waals surface area contributed by atoms with Gasteiger partial charge < -0.3 is 0 Å². The van der Waals surface area contributed by atoms with Crippen molar-refractivity contribution in [3.8, 4) is 0 Å². The minimum absolute atomic E-state index is 0.450. The Labute approximate surface area is 173 Å². The Morgan fingerprint density at radius 3 is 1.22 bits per heavy atom. The van der Waals surface area contributed by atoms with Crippen LogP contribution < -0.4 is 0 Å². The zero-order valence-electron chi connectivity index (χ0n) is 19.5. The van der Waals surface area contributed by atoms with E-state index < -0.39 is 0 Å². The fourth-order valence-electron chi connectivity index (χ4n) is 4.76. The van der Waals surface area contributed by atoms with E-state index in [-0.39, 0.29) is 0 Å². The molecule has 1 heterocycles. The molecule has 162 valence electrons. The van der Waals surface area contributed by atoms with Gasteiger partial charge in [-0.3, -0.25) is 4.90 Å². The lowest BCUT2D eigenvalue weighted by Crippen LogP contribution is -2.41. The highest BCUT2D eigenvalue weighted by atomic mass is 15.2. The van der Waals surface area contributed by atoms with Gasteiger partial charge in [-0.15, -0.1) is 0 Å². The molecule has 0 atom stereocenters. The first-order chi connectivity index (χ1) is 13.2. The van der Waals surface area contributed by atoms with E-state index in [2.05, 4.69) is 25.7 Å². The fourth-order valence-corrected chi connectivity index (χ4v) is 4.76. The Bertz CT molecular complexity index is 303. The number of rotatable bonds is 19. The van der Waals surface area contributed by atoms with E-state index >= 15 is 0 Å². The van der Waals surface area contributed by atoms with Crippen LogP contribution in [0.3, 0.4) is 0 Å². The third kappa shape index (κ3) is 13.7. The SMILES string of the molecule is CCCCCCCCCCCCCCCCCCCC(C)(C)N1CCCC1. The first kappa shape index (κ1) is 25.0. The van der Waals surface area contributed by atoms with Crippen LogP contribution in [0, 0.1) is 0 Å². The van der Waals surface area contributed by atoms with E-state index in [9.17, 15) is 0 Å². The summed E-state index contributed by atoms with van der Waals surface area (Å²) in [6.45, 7) is 9.91. The van der Waals surface area contributed by atoms with Gasteiger partial charge in [-0.2, -0.15) is 0 Å². The molecule has 1 rings (SSSR count). The molecule has 0 spiro atoms. The summed E-state index contributed by atoms with van der Waals surface area (Å²) in [5, 5.41) is 0. The molecule has 0 saturated carbocycles. The monoisotopic (exact) mass is 379 g/mol. The van der Waals surface area contributed by atoms with Crippen molar-refractivity contribution in [1.82, 2.24) is 4.90 Å². The molecule has 0 N–H and O–H groups in total. The van der Waals surface area contributed by atoms with Crippen LogP contribution >= 0.6 is 0 Å². The lowest BCUT2D eigenvalue weighted by Gasteiger charge is -2.35. The molecule has 27 heavy (non-hydrogen) atoms. The summed E-state index contributed by atoms with van der Waals surface area (Å²) in [5.41, 5.74) is 0.450. The van der Waals surface area contributed by atoms with Crippen molar-refractivity contribution in [2.75, 3.05) is 13.1 Å². The average Bonchev–Trinajstić information content (AvgIpc) is 3.20. The maximum atomic E-state index is 2.72. The molecule has 1 saturated heterocycles. The standard InChI is InChI=1S/C26H53N/c1-4-5-6-7-8-9-10-11-12-13-14-15-16-17-18-19-20-23-26(2,3)27-24-21-22-25-27/h4-25H2,1-3H3. The highest BCUT2D eigenvalue weighted by molar-refractivity contribution is 4.84. The predicted octanol–water partition coefficient (Wildman–Crippen LogP) is 8.90. The third-order valence-electron chi connectivity index (χ3n) is 6.85. The van der Waals surface area contributed by atoms with Crippen LogP contribution in [-0.4, -0.2) is 23.5 Å². The molecule has 1 aliphatic rings. The molecule has 0 aliphatic carbocycles. The Kier molecular flexibility index (Phi) is 15.6. The molecule has 0 aromatic rings. The van der Waals surface area contributed by atoms with Crippen LogP contribution in [0.2, 0.25) is 0 Å². The Hall–Kier alpha value is -0.0400. The van der Waals surface area contributed by atoms with Crippen LogP contribution in [0.4, 0.5) is 0 Å². The lowest BCUT2D eigenvalue weighted by molar-refractivity contribution is 0.140. The van der Waals surface area contributed by atoms with Crippen LogP contribution in [0.15, 0.2) is 0 Å². The van der Waals surface area contributed by atoms with E-state index in [4.69, 9.17) is 0 Å². The molecule has 0 radical (unpaired) electrons. The van der Waals surface area contributed by atoms with Crippen molar-refractivity contribution in [3.05, 3.63) is 0 Å². The zero-order valence-corrected chi connectivity index (χ0v) is 19.5. The quantitative estimate of drug-likeness (QED) is 0.202. The van der Waals surface area contributed by atoms with Gasteiger partial charge in [0.2, 0.25) is 0 Å². The summed E-state index contributed by atoms with van der Waals surface area (Å²) in [7, 11) is 0. The summed E-state index contributed by atoms with van der Waals surface area (Å²) < 4.78 is 0. The highest BCUT2D eigenvalue weighted by Gasteiger charge is 2.27. The fraction of sp³-hybridized carbons (Fsp3) is 1.00. The van der Waals surface area contributed by atoms with Crippen LogP contribution in [0.5, 0.6) is 0 Å². The van der Waals surface area contributed by atoms with E-state index in [0.29, 0.717) is 5.54 Å². The minimum Gasteiger partial charge on any atom is -0.298 e. The molecule has 0 amide bonds. The van der Waals surface area contributed by atoms with Gasteiger partial charge in [0.05, 0.1) is 0 Å². The number of unbranched alkanes of at least 4 members (excludes halogenated alkanes) is 16. The third-order valence-corrected chi connectivity index (χ3v) is 6.85. The van der Waals surface area contributed by atoms with Gasteiger partial charge in [-0.25, -0.2) is 0 Å². The molecule has 0 unspecified atom stereocenters. The van der Waals surface area contributed by atoms with E-state index in [1.54, 1.807) is 0 Å². The van der Waals surface area contributed by atoms with Crippen molar-refractivity contribution < 1.29 is 0 Å². The van der Waals surface area contributed by atoms with Crippen molar-refractivity contribution in [2.24, 2.45) is 0 Å². The molecule has 1 nitrogen and oxygen atoms in total. The predicted molar refractivity (Wildman–Crippen MR) is 124 cm³/mol. The summed E-state index contributed by atoms with van der Waals surface area (Å²) in [5.74, 6) is 0. The number of nitrogens with zero attached hydrogens (tertiary/aromatic N) is 1. The second-order valence-corrected chi connectivity index (χ2v) is 9.91. The van der Waals surface area contributed by atoms with Crippen molar-refractivity contribution in [1.29, 1.82) is 0 Å². The Balaban J connectivity index is 1.74. The molecular weight excluding hydrogens is 326 g/mol.